The Morgan fingerprint density at radius 1 is 1.35 bits per heavy atom. The van der Waals surface area contributed by atoms with E-state index in [0.29, 0.717) is 11.3 Å². The van der Waals surface area contributed by atoms with Crippen LogP contribution in [-0.4, -0.2) is 37.3 Å². The van der Waals surface area contributed by atoms with Crippen molar-refractivity contribution in [1.29, 1.82) is 0 Å². The summed E-state index contributed by atoms with van der Waals surface area (Å²) in [5, 5.41) is 15.4. The molecule has 5 nitrogen and oxygen atoms in total. The van der Waals surface area contributed by atoms with Gasteiger partial charge < -0.3 is 21.0 Å². The second kappa shape index (κ2) is 7.84. The Morgan fingerprint density at radius 3 is 2.60 bits per heavy atom. The van der Waals surface area contributed by atoms with Crippen molar-refractivity contribution in [1.82, 2.24) is 5.32 Å². The minimum Gasteiger partial charge on any atom is -0.409 e. The number of nitrogens with zero attached hydrogens (tertiary/aromatic N) is 1. The number of rotatable bonds is 8. The first-order valence-electron chi connectivity index (χ1n) is 7.66. The van der Waals surface area contributed by atoms with E-state index in [1.807, 2.05) is 13.8 Å². The van der Waals surface area contributed by atoms with E-state index in [4.69, 9.17) is 15.7 Å². The molecule has 118 valence electrons. The summed E-state index contributed by atoms with van der Waals surface area (Å²) in [5.41, 5.74) is 5.85. The highest BCUT2D eigenvalue weighted by Gasteiger charge is 2.26. The van der Waals surface area contributed by atoms with E-state index in [1.165, 1.54) is 0 Å². The first kappa shape index (κ1) is 17.2. The molecule has 20 heavy (non-hydrogen) atoms. The van der Waals surface area contributed by atoms with E-state index in [9.17, 15) is 0 Å². The zero-order valence-corrected chi connectivity index (χ0v) is 13.2. The van der Waals surface area contributed by atoms with Crippen LogP contribution in [0.3, 0.4) is 0 Å². The Bertz CT molecular complexity index is 310. The van der Waals surface area contributed by atoms with E-state index in [2.05, 4.69) is 17.4 Å². The van der Waals surface area contributed by atoms with Crippen molar-refractivity contribution in [3.8, 4) is 0 Å². The first-order valence-corrected chi connectivity index (χ1v) is 7.66. The molecule has 0 radical (unpaired) electrons. The lowest BCUT2D eigenvalue weighted by atomic mass is 9.82. The Morgan fingerprint density at radius 2 is 2.00 bits per heavy atom. The van der Waals surface area contributed by atoms with Crippen LogP contribution in [0.25, 0.3) is 0 Å². The normalized spacial score (nSPS) is 20.1. The molecule has 0 aromatic carbocycles. The van der Waals surface area contributed by atoms with E-state index < -0.39 is 0 Å². The van der Waals surface area contributed by atoms with Crippen LogP contribution >= 0.6 is 0 Å². The molecule has 1 aliphatic rings. The van der Waals surface area contributed by atoms with Gasteiger partial charge >= 0.3 is 0 Å². The molecule has 0 spiro atoms. The molecule has 1 aliphatic heterocycles. The van der Waals surface area contributed by atoms with Gasteiger partial charge in [0.05, 0.1) is 0 Å². The molecule has 0 unspecified atom stereocenters. The molecule has 0 aliphatic carbocycles. The Balaban J connectivity index is 2.10. The van der Waals surface area contributed by atoms with E-state index in [0.717, 1.165) is 58.4 Å². The highest BCUT2D eigenvalue weighted by atomic mass is 16.5. The van der Waals surface area contributed by atoms with E-state index in [-0.39, 0.29) is 5.41 Å². The van der Waals surface area contributed by atoms with Crippen LogP contribution in [0, 0.1) is 10.8 Å². The van der Waals surface area contributed by atoms with Gasteiger partial charge in [-0.05, 0) is 37.6 Å². The molecule has 0 aromatic heterocycles. The molecule has 0 bridgehead atoms. The molecule has 0 saturated carbocycles. The lowest BCUT2D eigenvalue weighted by Gasteiger charge is -2.33. The summed E-state index contributed by atoms with van der Waals surface area (Å²) in [6.07, 6.45) is 5.44. The first-order chi connectivity index (χ1) is 9.40. The van der Waals surface area contributed by atoms with E-state index in [1.54, 1.807) is 0 Å². The van der Waals surface area contributed by atoms with Gasteiger partial charge in [-0.1, -0.05) is 32.3 Å². The zero-order chi connectivity index (χ0) is 15.1. The summed E-state index contributed by atoms with van der Waals surface area (Å²) >= 11 is 0. The van der Waals surface area contributed by atoms with Gasteiger partial charge in [0, 0.05) is 25.2 Å². The largest absolute Gasteiger partial charge is 0.409 e. The predicted octanol–water partition coefficient (Wildman–Crippen LogP) is 2.34. The SMILES string of the molecule is CC1(CNCCCCC(C)(C)C(N)=NO)CCOCC1. The standard InChI is InChI=1S/C15H31N3O2/c1-14(2,13(16)18-19)6-4-5-9-17-12-15(3)7-10-20-11-8-15/h17,19H,4-12H2,1-3H3,(H2,16,18). The van der Waals surface area contributed by atoms with Crippen molar-refractivity contribution in [3.05, 3.63) is 0 Å². The molecule has 1 fully saturated rings. The van der Waals surface area contributed by atoms with Crippen LogP contribution < -0.4 is 11.1 Å². The number of unbranched alkanes of at least 4 members (excludes halogenated alkanes) is 1. The number of nitrogens with two attached hydrogens (primary N) is 1. The number of ether oxygens (including phenoxy) is 1. The average Bonchev–Trinajstić information content (AvgIpc) is 2.42. The Kier molecular flexibility index (Phi) is 6.76. The second-order valence-corrected chi connectivity index (χ2v) is 6.93. The summed E-state index contributed by atoms with van der Waals surface area (Å²) in [6, 6.07) is 0. The monoisotopic (exact) mass is 285 g/mol. The lowest BCUT2D eigenvalue weighted by Crippen LogP contribution is -2.37. The summed E-state index contributed by atoms with van der Waals surface area (Å²) < 4.78 is 5.41. The van der Waals surface area contributed by atoms with Crippen molar-refractivity contribution in [2.45, 2.75) is 52.9 Å². The zero-order valence-electron chi connectivity index (χ0n) is 13.2. The Hall–Kier alpha value is -0.810. The number of nitrogens with one attached hydrogen (secondary N) is 1. The summed E-state index contributed by atoms with van der Waals surface area (Å²) in [5.74, 6) is 0.320. The third-order valence-electron chi connectivity index (χ3n) is 4.46. The molecule has 1 saturated heterocycles. The maximum atomic E-state index is 8.72. The second-order valence-electron chi connectivity index (χ2n) is 6.93. The van der Waals surface area contributed by atoms with Gasteiger partial charge in [0.25, 0.3) is 0 Å². The number of oxime groups is 1. The summed E-state index contributed by atoms with van der Waals surface area (Å²) in [6.45, 7) is 10.3. The van der Waals surface area contributed by atoms with Gasteiger partial charge in [0.1, 0.15) is 5.84 Å². The van der Waals surface area contributed by atoms with Gasteiger partial charge in [0.2, 0.25) is 0 Å². The van der Waals surface area contributed by atoms with Crippen molar-refractivity contribution in [2.75, 3.05) is 26.3 Å². The fraction of sp³-hybridized carbons (Fsp3) is 0.933. The topological polar surface area (TPSA) is 79.9 Å². The molecule has 0 aromatic rings. The number of hydrogen-bond donors (Lipinski definition) is 3. The van der Waals surface area contributed by atoms with Gasteiger partial charge in [-0.2, -0.15) is 0 Å². The van der Waals surface area contributed by atoms with Crippen molar-refractivity contribution >= 4 is 5.84 Å². The minimum absolute atomic E-state index is 0.221. The van der Waals surface area contributed by atoms with Crippen LogP contribution in [0.1, 0.15) is 52.9 Å². The average molecular weight is 285 g/mol. The predicted molar refractivity (Wildman–Crippen MR) is 82.1 cm³/mol. The van der Waals surface area contributed by atoms with Crippen molar-refractivity contribution < 1.29 is 9.94 Å². The van der Waals surface area contributed by atoms with Crippen LogP contribution in [0.4, 0.5) is 0 Å². The third-order valence-corrected chi connectivity index (χ3v) is 4.46. The van der Waals surface area contributed by atoms with Gasteiger partial charge in [-0.3, -0.25) is 0 Å². The van der Waals surface area contributed by atoms with Gasteiger partial charge in [-0.15, -0.1) is 0 Å². The molecular weight excluding hydrogens is 254 g/mol. The molecule has 4 N–H and O–H groups in total. The fourth-order valence-electron chi connectivity index (χ4n) is 2.51. The van der Waals surface area contributed by atoms with E-state index >= 15 is 0 Å². The molecule has 1 rings (SSSR count). The maximum absolute atomic E-state index is 8.72. The van der Waals surface area contributed by atoms with Crippen molar-refractivity contribution in [2.24, 2.45) is 21.7 Å². The van der Waals surface area contributed by atoms with Gasteiger partial charge in [0.15, 0.2) is 0 Å². The minimum atomic E-state index is -0.221. The van der Waals surface area contributed by atoms with Crippen molar-refractivity contribution in [3.63, 3.8) is 0 Å². The van der Waals surface area contributed by atoms with Crippen LogP contribution in [0.5, 0.6) is 0 Å². The molecule has 5 heteroatoms. The van der Waals surface area contributed by atoms with Crippen LogP contribution in [0.15, 0.2) is 5.16 Å². The highest BCUT2D eigenvalue weighted by Crippen LogP contribution is 2.28. The highest BCUT2D eigenvalue weighted by molar-refractivity contribution is 5.85. The Labute approximate surface area is 122 Å². The fourth-order valence-corrected chi connectivity index (χ4v) is 2.51. The molecule has 0 atom stereocenters. The lowest BCUT2D eigenvalue weighted by molar-refractivity contribution is 0.0242. The van der Waals surface area contributed by atoms with Crippen LogP contribution in [-0.2, 0) is 4.74 Å². The van der Waals surface area contributed by atoms with Gasteiger partial charge in [-0.25, -0.2) is 0 Å². The smallest absolute Gasteiger partial charge is 0.144 e. The third kappa shape index (κ3) is 5.67. The maximum Gasteiger partial charge on any atom is 0.144 e. The number of amidine groups is 1. The molecule has 1 heterocycles. The summed E-state index contributed by atoms with van der Waals surface area (Å²) in [4.78, 5) is 0. The number of hydrogen-bond acceptors (Lipinski definition) is 4. The molecular formula is C15H31N3O2. The molecule has 0 amide bonds. The van der Waals surface area contributed by atoms with Crippen LogP contribution in [0.2, 0.25) is 0 Å². The quantitative estimate of drug-likeness (QED) is 0.210. The summed E-state index contributed by atoms with van der Waals surface area (Å²) in [7, 11) is 0.